The SMILES string of the molecule is COc1cccc(C=NNC(=O)c2ccc(COc3ccc(-n4c(C)ccc4C)cc3)o2)c1OCc1ccccc1. The van der Waals surface area contributed by atoms with Gasteiger partial charge < -0.3 is 23.2 Å². The van der Waals surface area contributed by atoms with Crippen molar-refractivity contribution in [3.8, 4) is 22.9 Å². The Morgan fingerprint density at radius 2 is 1.61 bits per heavy atom. The molecule has 2 heterocycles. The quantitative estimate of drug-likeness (QED) is 0.148. The molecular weight excluding hydrogens is 518 g/mol. The lowest BCUT2D eigenvalue weighted by molar-refractivity contribution is 0.0923. The lowest BCUT2D eigenvalue weighted by Gasteiger charge is -2.13. The number of furan rings is 1. The van der Waals surface area contributed by atoms with Crippen LogP contribution < -0.4 is 19.6 Å². The van der Waals surface area contributed by atoms with Crippen LogP contribution in [0.2, 0.25) is 0 Å². The zero-order chi connectivity index (χ0) is 28.6. The number of hydrogen-bond acceptors (Lipinski definition) is 6. The minimum absolute atomic E-state index is 0.126. The van der Waals surface area contributed by atoms with Crippen LogP contribution in [0.25, 0.3) is 5.69 Å². The van der Waals surface area contributed by atoms with E-state index < -0.39 is 5.91 Å². The first-order valence-electron chi connectivity index (χ1n) is 13.2. The predicted molar refractivity (Wildman–Crippen MR) is 157 cm³/mol. The minimum atomic E-state index is -0.482. The van der Waals surface area contributed by atoms with Crippen molar-refractivity contribution in [2.75, 3.05) is 7.11 Å². The molecule has 0 aliphatic carbocycles. The van der Waals surface area contributed by atoms with E-state index in [-0.39, 0.29) is 12.4 Å². The third kappa shape index (κ3) is 6.67. The molecule has 0 bridgehead atoms. The molecule has 8 nitrogen and oxygen atoms in total. The van der Waals surface area contributed by atoms with Gasteiger partial charge in [-0.3, -0.25) is 4.79 Å². The van der Waals surface area contributed by atoms with Crippen molar-refractivity contribution < 1.29 is 23.4 Å². The second-order valence-corrected chi connectivity index (χ2v) is 9.35. The number of carbonyl (C=O) groups is 1. The fraction of sp³-hybridized carbons (Fsp3) is 0.152. The highest BCUT2D eigenvalue weighted by Crippen LogP contribution is 2.31. The number of amides is 1. The van der Waals surface area contributed by atoms with Gasteiger partial charge >= 0.3 is 5.91 Å². The van der Waals surface area contributed by atoms with Gasteiger partial charge in [0.05, 0.1) is 13.3 Å². The number of rotatable bonds is 11. The van der Waals surface area contributed by atoms with Crippen LogP contribution in [0.4, 0.5) is 0 Å². The molecule has 0 atom stereocenters. The van der Waals surface area contributed by atoms with Crippen molar-refractivity contribution in [2.45, 2.75) is 27.1 Å². The van der Waals surface area contributed by atoms with Crippen LogP contribution in [-0.2, 0) is 13.2 Å². The van der Waals surface area contributed by atoms with Crippen LogP contribution in [-0.4, -0.2) is 23.8 Å². The van der Waals surface area contributed by atoms with Gasteiger partial charge in [-0.1, -0.05) is 36.4 Å². The molecule has 0 spiro atoms. The number of para-hydroxylation sites is 1. The standard InChI is InChI=1S/C33H31N3O5/c1-23-12-13-24(2)36(23)27-14-16-28(17-15-27)39-22-29-18-19-31(41-29)33(37)35-34-20-26-10-7-11-30(38-3)32(26)40-21-25-8-5-4-6-9-25/h4-20H,21-22H2,1-3H3,(H,35,37). The van der Waals surface area contributed by atoms with Gasteiger partial charge in [-0.25, -0.2) is 5.43 Å². The highest BCUT2D eigenvalue weighted by atomic mass is 16.5. The monoisotopic (exact) mass is 549 g/mol. The Morgan fingerprint density at radius 1 is 0.854 bits per heavy atom. The molecule has 0 unspecified atom stereocenters. The van der Waals surface area contributed by atoms with Crippen LogP contribution in [0, 0.1) is 13.8 Å². The Bertz CT molecular complexity index is 1620. The molecule has 5 rings (SSSR count). The Kier molecular flexibility index (Phi) is 8.49. The van der Waals surface area contributed by atoms with E-state index in [0.29, 0.717) is 35.2 Å². The van der Waals surface area contributed by atoms with E-state index in [1.165, 1.54) is 17.6 Å². The van der Waals surface area contributed by atoms with E-state index in [1.807, 2.05) is 66.7 Å². The van der Waals surface area contributed by atoms with Gasteiger partial charge in [0, 0.05) is 22.6 Å². The zero-order valence-electron chi connectivity index (χ0n) is 23.2. The Balaban J connectivity index is 1.17. The van der Waals surface area contributed by atoms with Crippen LogP contribution >= 0.6 is 0 Å². The van der Waals surface area contributed by atoms with Crippen molar-refractivity contribution in [1.82, 2.24) is 9.99 Å². The zero-order valence-corrected chi connectivity index (χ0v) is 23.2. The second kappa shape index (κ2) is 12.7. The maximum atomic E-state index is 12.6. The van der Waals surface area contributed by atoms with Crippen LogP contribution in [0.1, 0.15) is 38.8 Å². The normalized spacial score (nSPS) is 11.0. The smallest absolute Gasteiger partial charge is 0.307 e. The van der Waals surface area contributed by atoms with Crippen LogP contribution in [0.15, 0.2) is 107 Å². The van der Waals surface area contributed by atoms with Crippen LogP contribution in [0.5, 0.6) is 17.2 Å². The summed E-state index contributed by atoms with van der Waals surface area (Å²) in [6, 6.07) is 30.6. The maximum absolute atomic E-state index is 12.6. The van der Waals surface area contributed by atoms with E-state index in [2.05, 4.69) is 41.1 Å². The Hall–Kier alpha value is -5.24. The summed E-state index contributed by atoms with van der Waals surface area (Å²) in [5, 5.41) is 4.10. The molecule has 0 aliphatic rings. The largest absolute Gasteiger partial charge is 0.493 e. The van der Waals surface area contributed by atoms with E-state index in [9.17, 15) is 4.79 Å². The molecule has 208 valence electrons. The first-order chi connectivity index (χ1) is 20.0. The average molecular weight is 550 g/mol. The molecule has 8 heteroatoms. The molecule has 41 heavy (non-hydrogen) atoms. The summed E-state index contributed by atoms with van der Waals surface area (Å²) in [4.78, 5) is 12.6. The number of carbonyl (C=O) groups excluding carboxylic acids is 1. The molecule has 5 aromatic rings. The summed E-state index contributed by atoms with van der Waals surface area (Å²) in [7, 11) is 1.58. The van der Waals surface area contributed by atoms with Crippen LogP contribution in [0.3, 0.4) is 0 Å². The molecule has 1 amide bonds. The number of nitrogens with zero attached hydrogens (tertiary/aromatic N) is 2. The summed E-state index contributed by atoms with van der Waals surface area (Å²) in [6.07, 6.45) is 1.51. The lowest BCUT2D eigenvalue weighted by Crippen LogP contribution is -2.17. The molecule has 0 radical (unpaired) electrons. The number of hydrogen-bond donors (Lipinski definition) is 1. The molecule has 0 saturated carbocycles. The second-order valence-electron chi connectivity index (χ2n) is 9.35. The predicted octanol–water partition coefficient (Wildman–Crippen LogP) is 6.62. The number of benzene rings is 3. The average Bonchev–Trinajstić information content (AvgIpc) is 3.62. The van der Waals surface area contributed by atoms with E-state index in [0.717, 1.165) is 11.3 Å². The summed E-state index contributed by atoms with van der Waals surface area (Å²) < 4.78 is 25.2. The first-order valence-corrected chi connectivity index (χ1v) is 13.2. The molecule has 2 aromatic heterocycles. The fourth-order valence-electron chi connectivity index (χ4n) is 4.39. The number of nitrogens with one attached hydrogen (secondary N) is 1. The number of ether oxygens (including phenoxy) is 3. The number of aryl methyl sites for hydroxylation is 2. The van der Waals surface area contributed by atoms with Crippen molar-refractivity contribution in [2.24, 2.45) is 5.10 Å². The number of aromatic nitrogens is 1. The molecule has 3 aromatic carbocycles. The highest BCUT2D eigenvalue weighted by molar-refractivity contribution is 5.93. The van der Waals surface area contributed by atoms with Crippen molar-refractivity contribution >= 4 is 12.1 Å². The summed E-state index contributed by atoms with van der Waals surface area (Å²) >= 11 is 0. The maximum Gasteiger partial charge on any atom is 0.307 e. The first kappa shape index (κ1) is 27.3. The Labute approximate surface area is 238 Å². The highest BCUT2D eigenvalue weighted by Gasteiger charge is 2.13. The van der Waals surface area contributed by atoms with E-state index in [1.54, 1.807) is 25.3 Å². The van der Waals surface area contributed by atoms with Crippen molar-refractivity contribution in [1.29, 1.82) is 0 Å². The Morgan fingerprint density at radius 3 is 2.34 bits per heavy atom. The van der Waals surface area contributed by atoms with Gasteiger partial charge in [0.1, 0.15) is 24.7 Å². The molecular formula is C33H31N3O5. The summed E-state index contributed by atoms with van der Waals surface area (Å²) in [5.74, 6) is 1.96. The number of hydrazone groups is 1. The minimum Gasteiger partial charge on any atom is -0.493 e. The fourth-order valence-corrected chi connectivity index (χ4v) is 4.39. The topological polar surface area (TPSA) is 87.2 Å². The number of methoxy groups -OCH3 is 1. The molecule has 0 aliphatic heterocycles. The van der Waals surface area contributed by atoms with E-state index in [4.69, 9.17) is 18.6 Å². The van der Waals surface area contributed by atoms with Crippen molar-refractivity contribution in [3.05, 3.63) is 131 Å². The summed E-state index contributed by atoms with van der Waals surface area (Å²) in [5.41, 5.74) is 7.58. The van der Waals surface area contributed by atoms with E-state index >= 15 is 0 Å². The van der Waals surface area contributed by atoms with Crippen molar-refractivity contribution in [3.63, 3.8) is 0 Å². The molecule has 0 saturated heterocycles. The third-order valence-corrected chi connectivity index (χ3v) is 6.46. The molecule has 0 fully saturated rings. The van der Waals surface area contributed by atoms with Gasteiger partial charge in [0.25, 0.3) is 0 Å². The third-order valence-electron chi connectivity index (χ3n) is 6.46. The van der Waals surface area contributed by atoms with Gasteiger partial charge in [-0.2, -0.15) is 5.10 Å². The molecule has 1 N–H and O–H groups in total. The van der Waals surface area contributed by atoms with Gasteiger partial charge in [-0.15, -0.1) is 0 Å². The van der Waals surface area contributed by atoms with Gasteiger partial charge in [0.2, 0.25) is 0 Å². The lowest BCUT2D eigenvalue weighted by atomic mass is 10.2. The van der Waals surface area contributed by atoms with Gasteiger partial charge in [-0.05, 0) is 80.1 Å². The van der Waals surface area contributed by atoms with Gasteiger partial charge in [0.15, 0.2) is 17.3 Å². The summed E-state index contributed by atoms with van der Waals surface area (Å²) in [6.45, 7) is 4.70.